The predicted molar refractivity (Wildman–Crippen MR) is 124 cm³/mol. The summed E-state index contributed by atoms with van der Waals surface area (Å²) in [7, 11) is -0.444. The maximum Gasteiger partial charge on any atom is 0.268 e. The maximum atomic E-state index is 12.0. The molecule has 0 aromatic carbocycles. The summed E-state index contributed by atoms with van der Waals surface area (Å²) < 4.78 is 33.6. The minimum atomic E-state index is -4.32. The summed E-state index contributed by atoms with van der Waals surface area (Å²) >= 11 is 0. The Labute approximate surface area is 191 Å². The summed E-state index contributed by atoms with van der Waals surface area (Å²) in [6.45, 7) is 6.66. The van der Waals surface area contributed by atoms with Gasteiger partial charge < -0.3 is 28.3 Å². The highest BCUT2D eigenvalue weighted by Crippen LogP contribution is 2.38. The highest BCUT2D eigenvalue weighted by Gasteiger charge is 2.16. The third-order valence-corrected chi connectivity index (χ3v) is 6.03. The van der Waals surface area contributed by atoms with E-state index in [1.54, 1.807) is 0 Å². The van der Waals surface area contributed by atoms with E-state index in [0.29, 0.717) is 26.4 Å². The number of unbranched alkanes of at least 4 members (excludes halogenated alkanes) is 10. The molecule has 8 heteroatoms. The molecular weight excluding hydrogens is 417 g/mol. The molecule has 0 bridgehead atoms. The lowest BCUT2D eigenvalue weighted by Crippen LogP contribution is -3.06. The fraction of sp³-hybridized carbons (Fsp3) is 1.00. The fourth-order valence-electron chi connectivity index (χ4n) is 3.05. The van der Waals surface area contributed by atoms with Crippen molar-refractivity contribution in [3.8, 4) is 0 Å². The predicted octanol–water partition coefficient (Wildman–Crippen LogP) is 3.76. The molecule has 31 heavy (non-hydrogen) atoms. The van der Waals surface area contributed by atoms with Crippen LogP contribution in [0.2, 0.25) is 0 Å². The van der Waals surface area contributed by atoms with Crippen LogP contribution in [0.3, 0.4) is 0 Å². The molecule has 0 heterocycles. The van der Waals surface area contributed by atoms with Crippen LogP contribution in [0, 0.1) is 0 Å². The Bertz CT molecular complexity index is 425. The van der Waals surface area contributed by atoms with Crippen LogP contribution in [-0.4, -0.2) is 59.8 Å². The van der Waals surface area contributed by atoms with E-state index in [0.717, 1.165) is 30.6 Å². The molecule has 0 aromatic rings. The minimum Gasteiger partial charge on any atom is -0.756 e. The Kier molecular flexibility index (Phi) is 21.8. The molecule has 7 nitrogen and oxygen atoms in total. The lowest BCUT2D eigenvalue weighted by molar-refractivity contribution is -0.858. The topological polar surface area (TPSA) is 81.5 Å². The van der Waals surface area contributed by atoms with Crippen molar-refractivity contribution in [1.29, 1.82) is 0 Å². The Morgan fingerprint density at radius 3 is 1.87 bits per heavy atom. The molecule has 188 valence electrons. The van der Waals surface area contributed by atoms with Crippen LogP contribution in [0.4, 0.5) is 0 Å². The van der Waals surface area contributed by atoms with Crippen molar-refractivity contribution in [2.75, 3.05) is 53.7 Å². The fourth-order valence-corrected chi connectivity index (χ4v) is 3.79. The van der Waals surface area contributed by atoms with Crippen LogP contribution < -0.4 is 9.79 Å². The van der Waals surface area contributed by atoms with Gasteiger partial charge in [0.05, 0.1) is 27.3 Å². The van der Waals surface area contributed by atoms with Gasteiger partial charge in [-0.25, -0.2) is 0 Å². The monoisotopic (exact) mass is 467 g/mol. The molecule has 0 amide bonds. The first-order valence-electron chi connectivity index (χ1n) is 12.5. The SMILES string of the molecule is CCCCCCCCOCC(COP(=O)([O-])OCC[NH+](C)C)OCCCCCCCC. The number of phosphoric ester groups is 1. The summed E-state index contributed by atoms with van der Waals surface area (Å²) in [6.07, 6.45) is 13.9. The summed E-state index contributed by atoms with van der Waals surface area (Å²) in [6, 6.07) is 0. The molecule has 2 unspecified atom stereocenters. The van der Waals surface area contributed by atoms with E-state index in [-0.39, 0.29) is 13.2 Å². The van der Waals surface area contributed by atoms with Gasteiger partial charge in [0.25, 0.3) is 7.82 Å². The maximum absolute atomic E-state index is 12.0. The first-order valence-corrected chi connectivity index (χ1v) is 14.0. The van der Waals surface area contributed by atoms with E-state index >= 15 is 0 Å². The van der Waals surface area contributed by atoms with Gasteiger partial charge >= 0.3 is 0 Å². The van der Waals surface area contributed by atoms with Gasteiger partial charge in [-0.3, -0.25) is 4.57 Å². The quantitative estimate of drug-likeness (QED) is 0.172. The molecular formula is C23H50NO6P. The van der Waals surface area contributed by atoms with Gasteiger partial charge in [0.1, 0.15) is 19.3 Å². The zero-order valence-electron chi connectivity index (χ0n) is 20.7. The Morgan fingerprint density at radius 1 is 0.742 bits per heavy atom. The van der Waals surface area contributed by atoms with Crippen LogP contribution in [0.15, 0.2) is 0 Å². The summed E-state index contributed by atoms with van der Waals surface area (Å²) in [5.41, 5.74) is 0. The molecule has 0 spiro atoms. The van der Waals surface area contributed by atoms with Crippen molar-refractivity contribution in [3.05, 3.63) is 0 Å². The van der Waals surface area contributed by atoms with Crippen LogP contribution in [0.1, 0.15) is 90.9 Å². The van der Waals surface area contributed by atoms with Crippen molar-refractivity contribution in [3.63, 3.8) is 0 Å². The summed E-state index contributed by atoms with van der Waals surface area (Å²) in [5.74, 6) is 0. The minimum absolute atomic E-state index is 0.0675. The van der Waals surface area contributed by atoms with E-state index < -0.39 is 13.9 Å². The van der Waals surface area contributed by atoms with E-state index in [1.165, 1.54) is 51.4 Å². The zero-order valence-corrected chi connectivity index (χ0v) is 21.6. The number of ether oxygens (including phenoxy) is 2. The Balaban J connectivity index is 4.18. The number of likely N-dealkylation sites (N-methyl/N-ethyl adjacent to an activating group) is 1. The van der Waals surface area contributed by atoms with Gasteiger partial charge in [-0.1, -0.05) is 78.1 Å². The van der Waals surface area contributed by atoms with Crippen molar-refractivity contribution >= 4 is 7.82 Å². The molecule has 0 saturated carbocycles. The molecule has 0 radical (unpaired) electrons. The number of phosphoric acid groups is 1. The lowest BCUT2D eigenvalue weighted by Gasteiger charge is -2.26. The van der Waals surface area contributed by atoms with Crippen LogP contribution in [0.5, 0.6) is 0 Å². The van der Waals surface area contributed by atoms with Gasteiger partial charge in [0.15, 0.2) is 0 Å². The van der Waals surface area contributed by atoms with Gasteiger partial charge in [-0.05, 0) is 12.8 Å². The largest absolute Gasteiger partial charge is 0.756 e. The van der Waals surface area contributed by atoms with Crippen LogP contribution >= 0.6 is 7.82 Å². The normalized spacial score (nSPS) is 14.8. The van der Waals surface area contributed by atoms with E-state index in [2.05, 4.69) is 13.8 Å². The number of hydrogen-bond acceptors (Lipinski definition) is 6. The summed E-state index contributed by atoms with van der Waals surface area (Å²) in [5, 5.41) is 0. The zero-order chi connectivity index (χ0) is 23.2. The lowest BCUT2D eigenvalue weighted by atomic mass is 10.1. The van der Waals surface area contributed by atoms with Gasteiger partial charge in [0, 0.05) is 13.2 Å². The Morgan fingerprint density at radius 2 is 1.29 bits per heavy atom. The number of hydrogen-bond donors (Lipinski definition) is 1. The Hall–Kier alpha value is -0.0100. The van der Waals surface area contributed by atoms with Crippen molar-refractivity contribution in [2.45, 2.75) is 97.0 Å². The number of quaternary nitrogens is 1. The first kappa shape index (κ1) is 31.0. The molecule has 0 aliphatic heterocycles. The van der Waals surface area contributed by atoms with E-state index in [1.807, 2.05) is 14.1 Å². The van der Waals surface area contributed by atoms with Gasteiger partial charge in [-0.15, -0.1) is 0 Å². The summed E-state index contributed by atoms with van der Waals surface area (Å²) in [4.78, 5) is 13.1. The number of rotatable bonds is 24. The average molecular weight is 468 g/mol. The molecule has 0 rings (SSSR count). The standard InChI is InChI=1S/C23H50NO6P/c1-5-7-9-11-13-15-18-27-21-23(28-19-16-14-12-10-8-6-2)22-30-31(25,26)29-20-17-24(3)4/h23H,5-22H2,1-4H3,(H,25,26). The van der Waals surface area contributed by atoms with Gasteiger partial charge in [0.2, 0.25) is 0 Å². The number of nitrogens with one attached hydrogen (secondary N) is 1. The second kappa shape index (κ2) is 21.8. The third kappa shape index (κ3) is 23.0. The molecule has 0 fully saturated rings. The molecule has 0 aliphatic rings. The van der Waals surface area contributed by atoms with E-state index in [4.69, 9.17) is 18.5 Å². The smallest absolute Gasteiger partial charge is 0.268 e. The third-order valence-electron chi connectivity index (χ3n) is 5.07. The second-order valence-corrected chi connectivity index (χ2v) is 10.0. The average Bonchev–Trinajstić information content (AvgIpc) is 2.72. The van der Waals surface area contributed by atoms with Crippen LogP contribution in [0.25, 0.3) is 0 Å². The van der Waals surface area contributed by atoms with Gasteiger partial charge in [-0.2, -0.15) is 0 Å². The molecule has 0 aliphatic carbocycles. The molecule has 0 aromatic heterocycles. The second-order valence-electron chi connectivity index (χ2n) is 8.64. The van der Waals surface area contributed by atoms with Crippen molar-refractivity contribution in [2.24, 2.45) is 0 Å². The molecule has 0 saturated heterocycles. The highest BCUT2D eigenvalue weighted by atomic mass is 31.2. The van der Waals surface area contributed by atoms with Crippen LogP contribution in [-0.2, 0) is 23.1 Å². The first-order chi connectivity index (χ1) is 14.9. The molecule has 1 N–H and O–H groups in total. The van der Waals surface area contributed by atoms with E-state index in [9.17, 15) is 9.46 Å². The highest BCUT2D eigenvalue weighted by molar-refractivity contribution is 7.45. The molecule has 2 atom stereocenters. The van der Waals surface area contributed by atoms with Crippen molar-refractivity contribution in [1.82, 2.24) is 0 Å². The van der Waals surface area contributed by atoms with Crippen molar-refractivity contribution < 1.29 is 32.9 Å².